The van der Waals surface area contributed by atoms with Gasteiger partial charge in [-0.2, -0.15) is 0 Å². The molecule has 3 unspecified atom stereocenters. The number of hydrogen-bond acceptors (Lipinski definition) is 2. The molecule has 0 amide bonds. The van der Waals surface area contributed by atoms with Crippen molar-refractivity contribution in [3.63, 3.8) is 0 Å². The van der Waals surface area contributed by atoms with Gasteiger partial charge in [-0.1, -0.05) is 43.0 Å². The van der Waals surface area contributed by atoms with Crippen LogP contribution in [0.25, 0.3) is 0 Å². The molecule has 2 fully saturated rings. The fourth-order valence-electron chi connectivity index (χ4n) is 4.64. The second kappa shape index (κ2) is 8.00. The Morgan fingerprint density at radius 1 is 1.22 bits per heavy atom. The van der Waals surface area contributed by atoms with Crippen LogP contribution in [-0.4, -0.2) is 30.6 Å². The SMILES string of the molecule is CN1CCC(N)CC1CC(c1cccc(Cl)c1)C1CCCCC1. The predicted molar refractivity (Wildman–Crippen MR) is 99.0 cm³/mol. The monoisotopic (exact) mass is 334 g/mol. The summed E-state index contributed by atoms with van der Waals surface area (Å²) in [5.74, 6) is 1.44. The summed E-state index contributed by atoms with van der Waals surface area (Å²) >= 11 is 6.29. The molecule has 1 saturated heterocycles. The van der Waals surface area contributed by atoms with Crippen molar-refractivity contribution in [1.82, 2.24) is 4.90 Å². The summed E-state index contributed by atoms with van der Waals surface area (Å²) < 4.78 is 0. The van der Waals surface area contributed by atoms with Crippen molar-refractivity contribution < 1.29 is 0 Å². The molecule has 3 rings (SSSR count). The highest BCUT2D eigenvalue weighted by Crippen LogP contribution is 2.41. The van der Waals surface area contributed by atoms with Gasteiger partial charge >= 0.3 is 0 Å². The van der Waals surface area contributed by atoms with Gasteiger partial charge in [0.05, 0.1) is 0 Å². The molecule has 0 radical (unpaired) electrons. The van der Waals surface area contributed by atoms with E-state index in [1.165, 1.54) is 44.1 Å². The molecule has 2 nitrogen and oxygen atoms in total. The van der Waals surface area contributed by atoms with Crippen LogP contribution in [-0.2, 0) is 0 Å². The molecule has 3 heteroatoms. The molecule has 0 bridgehead atoms. The number of piperidine rings is 1. The molecule has 0 aromatic heterocycles. The first-order chi connectivity index (χ1) is 11.1. The largest absolute Gasteiger partial charge is 0.328 e. The zero-order valence-electron chi connectivity index (χ0n) is 14.4. The molecule has 1 aliphatic heterocycles. The number of halogens is 1. The summed E-state index contributed by atoms with van der Waals surface area (Å²) in [4.78, 5) is 2.53. The Labute approximate surface area is 146 Å². The van der Waals surface area contributed by atoms with Gasteiger partial charge < -0.3 is 10.6 Å². The number of nitrogens with zero attached hydrogens (tertiary/aromatic N) is 1. The van der Waals surface area contributed by atoms with E-state index in [0.717, 1.165) is 30.3 Å². The van der Waals surface area contributed by atoms with Crippen LogP contribution >= 0.6 is 11.6 Å². The van der Waals surface area contributed by atoms with Gasteiger partial charge in [-0.05, 0) is 75.2 Å². The number of benzene rings is 1. The van der Waals surface area contributed by atoms with Gasteiger partial charge in [0.2, 0.25) is 0 Å². The summed E-state index contributed by atoms with van der Waals surface area (Å²) in [5.41, 5.74) is 7.70. The van der Waals surface area contributed by atoms with Crippen molar-refractivity contribution in [2.75, 3.05) is 13.6 Å². The van der Waals surface area contributed by atoms with Gasteiger partial charge in [0, 0.05) is 17.1 Å². The molecule has 1 saturated carbocycles. The number of hydrogen-bond donors (Lipinski definition) is 1. The maximum atomic E-state index is 6.29. The van der Waals surface area contributed by atoms with Gasteiger partial charge in [0.15, 0.2) is 0 Å². The van der Waals surface area contributed by atoms with Crippen molar-refractivity contribution in [2.24, 2.45) is 11.7 Å². The quantitative estimate of drug-likeness (QED) is 0.855. The van der Waals surface area contributed by atoms with Crippen molar-refractivity contribution in [3.05, 3.63) is 34.9 Å². The van der Waals surface area contributed by atoms with Gasteiger partial charge in [-0.3, -0.25) is 0 Å². The third-order valence-corrected chi connectivity index (χ3v) is 6.31. The maximum Gasteiger partial charge on any atom is 0.0408 e. The standard InChI is InChI=1S/C20H31ClN2/c1-23-11-10-18(22)13-19(23)14-20(15-6-3-2-4-7-15)16-8-5-9-17(21)12-16/h5,8-9,12,15,18-20H,2-4,6-7,10-11,13-14,22H2,1H3. The molecule has 2 aliphatic rings. The number of likely N-dealkylation sites (tertiary alicyclic amines) is 1. The zero-order valence-corrected chi connectivity index (χ0v) is 15.1. The van der Waals surface area contributed by atoms with Crippen LogP contribution in [0.4, 0.5) is 0 Å². The van der Waals surface area contributed by atoms with E-state index in [-0.39, 0.29) is 0 Å². The Kier molecular flexibility index (Phi) is 6.01. The van der Waals surface area contributed by atoms with Gasteiger partial charge in [0.25, 0.3) is 0 Å². The molecular formula is C20H31ClN2. The highest BCUT2D eigenvalue weighted by atomic mass is 35.5. The molecule has 1 heterocycles. The van der Waals surface area contributed by atoms with E-state index < -0.39 is 0 Å². The number of nitrogens with two attached hydrogens (primary N) is 1. The minimum Gasteiger partial charge on any atom is -0.328 e. The molecule has 1 aromatic carbocycles. The Bertz CT molecular complexity index is 498. The van der Waals surface area contributed by atoms with E-state index in [1.54, 1.807) is 0 Å². The Balaban J connectivity index is 1.79. The zero-order chi connectivity index (χ0) is 16.2. The van der Waals surface area contributed by atoms with Crippen molar-refractivity contribution >= 4 is 11.6 Å². The minimum atomic E-state index is 0.377. The van der Waals surface area contributed by atoms with E-state index in [9.17, 15) is 0 Å². The summed E-state index contributed by atoms with van der Waals surface area (Å²) in [6.45, 7) is 1.14. The lowest BCUT2D eigenvalue weighted by Crippen LogP contribution is -2.45. The van der Waals surface area contributed by atoms with Gasteiger partial charge in [-0.25, -0.2) is 0 Å². The van der Waals surface area contributed by atoms with Crippen molar-refractivity contribution in [3.8, 4) is 0 Å². The lowest BCUT2D eigenvalue weighted by Gasteiger charge is -2.40. The highest BCUT2D eigenvalue weighted by Gasteiger charge is 2.31. The lowest BCUT2D eigenvalue weighted by molar-refractivity contribution is 0.139. The molecule has 128 valence electrons. The Hall–Kier alpha value is -0.570. The van der Waals surface area contributed by atoms with E-state index in [1.807, 2.05) is 6.07 Å². The van der Waals surface area contributed by atoms with Crippen LogP contribution in [0.5, 0.6) is 0 Å². The second-order valence-corrected chi connectivity index (χ2v) is 8.15. The van der Waals surface area contributed by atoms with E-state index in [4.69, 9.17) is 17.3 Å². The Morgan fingerprint density at radius 3 is 2.74 bits per heavy atom. The predicted octanol–water partition coefficient (Wildman–Crippen LogP) is 4.82. The first-order valence-electron chi connectivity index (χ1n) is 9.35. The highest BCUT2D eigenvalue weighted by molar-refractivity contribution is 6.30. The van der Waals surface area contributed by atoms with E-state index in [0.29, 0.717) is 18.0 Å². The summed E-state index contributed by atoms with van der Waals surface area (Å²) in [7, 11) is 2.27. The van der Waals surface area contributed by atoms with Gasteiger partial charge in [0.1, 0.15) is 0 Å². The Morgan fingerprint density at radius 2 is 2.00 bits per heavy atom. The topological polar surface area (TPSA) is 29.3 Å². The van der Waals surface area contributed by atoms with Crippen LogP contribution in [0.3, 0.4) is 0 Å². The summed E-state index contributed by atoms with van der Waals surface area (Å²) in [6.07, 6.45) is 10.4. The van der Waals surface area contributed by atoms with Crippen LogP contribution in [0, 0.1) is 5.92 Å². The van der Waals surface area contributed by atoms with E-state index >= 15 is 0 Å². The fraction of sp³-hybridized carbons (Fsp3) is 0.700. The lowest BCUT2D eigenvalue weighted by atomic mass is 9.73. The first-order valence-corrected chi connectivity index (χ1v) is 9.72. The molecule has 1 aliphatic carbocycles. The second-order valence-electron chi connectivity index (χ2n) is 7.71. The molecule has 3 atom stereocenters. The molecular weight excluding hydrogens is 304 g/mol. The molecule has 23 heavy (non-hydrogen) atoms. The fourth-order valence-corrected chi connectivity index (χ4v) is 4.84. The van der Waals surface area contributed by atoms with Crippen LogP contribution in [0.2, 0.25) is 5.02 Å². The molecule has 1 aromatic rings. The van der Waals surface area contributed by atoms with Crippen LogP contribution < -0.4 is 5.73 Å². The summed E-state index contributed by atoms with van der Waals surface area (Å²) in [5, 5.41) is 0.872. The molecule has 2 N–H and O–H groups in total. The maximum absolute atomic E-state index is 6.29. The summed E-state index contributed by atoms with van der Waals surface area (Å²) in [6, 6.07) is 9.58. The smallest absolute Gasteiger partial charge is 0.0408 e. The van der Waals surface area contributed by atoms with Gasteiger partial charge in [-0.15, -0.1) is 0 Å². The molecule has 0 spiro atoms. The van der Waals surface area contributed by atoms with Crippen molar-refractivity contribution in [2.45, 2.75) is 69.4 Å². The number of rotatable bonds is 4. The van der Waals surface area contributed by atoms with Crippen LogP contribution in [0.15, 0.2) is 24.3 Å². The van der Waals surface area contributed by atoms with E-state index in [2.05, 4.69) is 30.1 Å². The normalized spacial score (nSPS) is 28.7. The third kappa shape index (κ3) is 4.49. The average Bonchev–Trinajstić information content (AvgIpc) is 2.56. The first kappa shape index (κ1) is 17.3. The average molecular weight is 335 g/mol. The third-order valence-electron chi connectivity index (χ3n) is 6.07. The van der Waals surface area contributed by atoms with Crippen molar-refractivity contribution in [1.29, 1.82) is 0 Å². The minimum absolute atomic E-state index is 0.377. The van der Waals surface area contributed by atoms with Crippen LogP contribution in [0.1, 0.15) is 62.8 Å².